The number of rotatable bonds is 7. The third-order valence-corrected chi connectivity index (χ3v) is 3.61. The SMILES string of the molecule is Cc1cc(NC(C)CCCC(C)C(=O)O)n2ncnc2c1. The van der Waals surface area contributed by atoms with Crippen molar-refractivity contribution in [2.45, 2.75) is 46.1 Å². The van der Waals surface area contributed by atoms with Crippen LogP contribution in [0.1, 0.15) is 38.7 Å². The summed E-state index contributed by atoms with van der Waals surface area (Å²) in [7, 11) is 0. The first-order chi connectivity index (χ1) is 9.97. The fourth-order valence-corrected chi connectivity index (χ4v) is 2.34. The maximum atomic E-state index is 10.8. The lowest BCUT2D eigenvalue weighted by atomic mass is 10.0. The minimum absolute atomic E-state index is 0.250. The molecule has 2 unspecified atom stereocenters. The maximum absolute atomic E-state index is 10.8. The van der Waals surface area contributed by atoms with Crippen LogP contribution in [0, 0.1) is 12.8 Å². The molecule has 0 aliphatic rings. The summed E-state index contributed by atoms with van der Waals surface area (Å²) in [6, 6.07) is 4.27. The molecule has 114 valence electrons. The normalized spacial score (nSPS) is 14.0. The van der Waals surface area contributed by atoms with Gasteiger partial charge >= 0.3 is 5.97 Å². The van der Waals surface area contributed by atoms with Crippen LogP contribution in [0.15, 0.2) is 18.5 Å². The average Bonchev–Trinajstić information content (AvgIpc) is 2.86. The van der Waals surface area contributed by atoms with Gasteiger partial charge in [0.25, 0.3) is 0 Å². The summed E-state index contributed by atoms with van der Waals surface area (Å²) in [5.41, 5.74) is 1.95. The lowest BCUT2D eigenvalue weighted by Crippen LogP contribution is -2.18. The van der Waals surface area contributed by atoms with Crippen LogP contribution in [0.5, 0.6) is 0 Å². The second-order valence-corrected chi connectivity index (χ2v) is 5.66. The minimum Gasteiger partial charge on any atom is -0.481 e. The fraction of sp³-hybridized carbons (Fsp3) is 0.533. The quantitative estimate of drug-likeness (QED) is 0.819. The van der Waals surface area contributed by atoms with Gasteiger partial charge in [-0.1, -0.05) is 13.3 Å². The van der Waals surface area contributed by atoms with Gasteiger partial charge in [-0.15, -0.1) is 0 Å². The highest BCUT2D eigenvalue weighted by atomic mass is 16.4. The van der Waals surface area contributed by atoms with E-state index in [1.165, 1.54) is 0 Å². The zero-order valence-electron chi connectivity index (χ0n) is 12.7. The molecule has 0 aromatic carbocycles. The van der Waals surface area contributed by atoms with Crippen molar-refractivity contribution in [1.82, 2.24) is 14.6 Å². The summed E-state index contributed by atoms with van der Waals surface area (Å²) in [5.74, 6) is -0.0851. The number of carbonyl (C=O) groups is 1. The number of anilines is 1. The number of aliphatic carboxylic acids is 1. The molecule has 0 saturated carbocycles. The molecule has 2 aromatic rings. The van der Waals surface area contributed by atoms with Gasteiger partial charge in [-0.25, -0.2) is 4.98 Å². The molecule has 2 atom stereocenters. The Morgan fingerprint density at radius 1 is 1.38 bits per heavy atom. The monoisotopic (exact) mass is 290 g/mol. The van der Waals surface area contributed by atoms with Crippen molar-refractivity contribution in [3.8, 4) is 0 Å². The average molecular weight is 290 g/mol. The van der Waals surface area contributed by atoms with Crippen LogP contribution in [0.2, 0.25) is 0 Å². The number of aromatic nitrogens is 3. The summed E-state index contributed by atoms with van der Waals surface area (Å²) < 4.78 is 1.78. The molecule has 0 aliphatic heterocycles. The van der Waals surface area contributed by atoms with Crippen LogP contribution in [0.4, 0.5) is 5.82 Å². The van der Waals surface area contributed by atoms with E-state index in [0.717, 1.165) is 29.9 Å². The van der Waals surface area contributed by atoms with E-state index in [0.29, 0.717) is 6.42 Å². The Morgan fingerprint density at radius 2 is 2.14 bits per heavy atom. The zero-order valence-corrected chi connectivity index (χ0v) is 12.7. The molecule has 2 rings (SSSR count). The summed E-state index contributed by atoms with van der Waals surface area (Å²) in [6.45, 7) is 5.87. The molecular weight excluding hydrogens is 268 g/mol. The van der Waals surface area contributed by atoms with E-state index in [-0.39, 0.29) is 12.0 Å². The van der Waals surface area contributed by atoms with Crippen molar-refractivity contribution in [1.29, 1.82) is 0 Å². The summed E-state index contributed by atoms with van der Waals surface area (Å²) in [5, 5.41) is 16.5. The molecule has 0 amide bonds. The van der Waals surface area contributed by atoms with Crippen LogP contribution in [0.3, 0.4) is 0 Å². The number of hydrogen-bond donors (Lipinski definition) is 2. The molecule has 2 heterocycles. The van der Waals surface area contributed by atoms with Crippen molar-refractivity contribution in [3.63, 3.8) is 0 Å². The number of nitrogens with zero attached hydrogens (tertiary/aromatic N) is 3. The predicted molar refractivity (Wildman–Crippen MR) is 81.5 cm³/mol. The summed E-state index contributed by atoms with van der Waals surface area (Å²) in [6.07, 6.45) is 4.04. The molecule has 6 heteroatoms. The Labute approximate surface area is 124 Å². The van der Waals surface area contributed by atoms with E-state index in [9.17, 15) is 4.79 Å². The van der Waals surface area contributed by atoms with Gasteiger partial charge in [0.2, 0.25) is 0 Å². The smallest absolute Gasteiger partial charge is 0.306 e. The Kier molecular flexibility index (Phi) is 4.77. The van der Waals surface area contributed by atoms with Gasteiger partial charge in [-0.05, 0) is 44.4 Å². The molecule has 2 aromatic heterocycles. The Bertz CT molecular complexity index is 623. The largest absolute Gasteiger partial charge is 0.481 e. The molecule has 0 fully saturated rings. The molecular formula is C15H22N4O2. The molecule has 0 spiro atoms. The van der Waals surface area contributed by atoms with Gasteiger partial charge in [0, 0.05) is 6.04 Å². The highest BCUT2D eigenvalue weighted by molar-refractivity contribution is 5.69. The zero-order chi connectivity index (χ0) is 15.4. The van der Waals surface area contributed by atoms with Crippen molar-refractivity contribution >= 4 is 17.4 Å². The molecule has 0 aliphatic carbocycles. The molecule has 6 nitrogen and oxygen atoms in total. The molecule has 21 heavy (non-hydrogen) atoms. The van der Waals surface area contributed by atoms with Crippen molar-refractivity contribution in [2.24, 2.45) is 5.92 Å². The highest BCUT2D eigenvalue weighted by Gasteiger charge is 2.12. The molecule has 0 bridgehead atoms. The Balaban J connectivity index is 1.94. The second kappa shape index (κ2) is 6.56. The maximum Gasteiger partial charge on any atom is 0.306 e. The van der Waals surface area contributed by atoms with Crippen LogP contribution in [0.25, 0.3) is 5.65 Å². The van der Waals surface area contributed by atoms with Crippen LogP contribution in [-0.4, -0.2) is 31.7 Å². The Hall–Kier alpha value is -2.11. The first kappa shape index (κ1) is 15.3. The summed E-state index contributed by atoms with van der Waals surface area (Å²) >= 11 is 0. The van der Waals surface area contributed by atoms with Crippen molar-refractivity contribution in [3.05, 3.63) is 24.0 Å². The van der Waals surface area contributed by atoms with Gasteiger partial charge in [-0.2, -0.15) is 9.61 Å². The number of nitrogens with one attached hydrogen (secondary N) is 1. The van der Waals surface area contributed by atoms with Crippen molar-refractivity contribution < 1.29 is 9.90 Å². The van der Waals surface area contributed by atoms with E-state index in [1.54, 1.807) is 17.8 Å². The lowest BCUT2D eigenvalue weighted by Gasteiger charge is -2.17. The first-order valence-electron chi connectivity index (χ1n) is 7.27. The van der Waals surface area contributed by atoms with Crippen LogP contribution >= 0.6 is 0 Å². The standard InChI is InChI=1S/C15H22N4O2/c1-10-7-13-16-9-17-19(13)14(8-10)18-12(3)6-4-5-11(2)15(20)21/h7-9,11-12,18H,4-6H2,1-3H3,(H,20,21). The van der Waals surface area contributed by atoms with Gasteiger partial charge in [0.1, 0.15) is 12.1 Å². The minimum atomic E-state index is -0.723. The van der Waals surface area contributed by atoms with E-state index in [1.807, 2.05) is 19.1 Å². The van der Waals surface area contributed by atoms with Gasteiger partial charge < -0.3 is 10.4 Å². The second-order valence-electron chi connectivity index (χ2n) is 5.66. The molecule has 0 radical (unpaired) electrons. The number of carboxylic acid groups (broad SMARTS) is 1. The summed E-state index contributed by atoms with van der Waals surface area (Å²) in [4.78, 5) is 15.0. The number of pyridine rings is 1. The number of hydrogen-bond acceptors (Lipinski definition) is 4. The van der Waals surface area contributed by atoms with Crippen molar-refractivity contribution in [2.75, 3.05) is 5.32 Å². The number of carboxylic acids is 1. The van der Waals surface area contributed by atoms with Gasteiger partial charge in [0.05, 0.1) is 5.92 Å². The number of fused-ring (bicyclic) bond motifs is 1. The van der Waals surface area contributed by atoms with Crippen LogP contribution in [-0.2, 0) is 4.79 Å². The van der Waals surface area contributed by atoms with E-state index in [4.69, 9.17) is 5.11 Å². The van der Waals surface area contributed by atoms with Crippen LogP contribution < -0.4 is 5.32 Å². The topological polar surface area (TPSA) is 79.5 Å². The van der Waals surface area contributed by atoms with E-state index < -0.39 is 5.97 Å². The molecule has 2 N–H and O–H groups in total. The van der Waals surface area contributed by atoms with Gasteiger partial charge in [-0.3, -0.25) is 4.79 Å². The van der Waals surface area contributed by atoms with E-state index >= 15 is 0 Å². The highest BCUT2D eigenvalue weighted by Crippen LogP contribution is 2.16. The first-order valence-corrected chi connectivity index (χ1v) is 7.27. The number of aryl methyl sites for hydroxylation is 1. The van der Waals surface area contributed by atoms with E-state index in [2.05, 4.69) is 22.3 Å². The third kappa shape index (κ3) is 3.93. The Morgan fingerprint density at radius 3 is 2.86 bits per heavy atom. The lowest BCUT2D eigenvalue weighted by molar-refractivity contribution is -0.141. The third-order valence-electron chi connectivity index (χ3n) is 3.61. The molecule has 0 saturated heterocycles. The predicted octanol–water partition coefficient (Wildman–Crippen LogP) is 2.73. The van der Waals surface area contributed by atoms with Gasteiger partial charge in [0.15, 0.2) is 5.65 Å². The fourth-order valence-electron chi connectivity index (χ4n) is 2.34.